The first-order valence-electron chi connectivity index (χ1n) is 3.37. The van der Waals surface area contributed by atoms with Crippen LogP contribution < -0.4 is 0 Å². The van der Waals surface area contributed by atoms with Crippen LogP contribution in [-0.2, 0) is 0 Å². The van der Waals surface area contributed by atoms with Crippen molar-refractivity contribution in [3.63, 3.8) is 0 Å². The van der Waals surface area contributed by atoms with Crippen molar-refractivity contribution in [3.05, 3.63) is 35.0 Å². The van der Waals surface area contributed by atoms with Gasteiger partial charge in [0.05, 0.1) is 5.11 Å². The van der Waals surface area contributed by atoms with Crippen molar-refractivity contribution in [1.82, 2.24) is 0 Å². The number of hydrogen-bond acceptors (Lipinski definition) is 3. The monoisotopic (exact) mass is 161 g/mol. The van der Waals surface area contributed by atoms with E-state index < -0.39 is 0 Å². The zero-order chi connectivity index (χ0) is 8.97. The molecule has 0 radical (unpaired) electrons. The minimum Gasteiger partial charge on any atom is -0.593 e. The number of nitriles is 1. The lowest BCUT2D eigenvalue weighted by molar-refractivity contribution is -0.435. The standard InChI is InChI=1S/C8H7N3O/c1-7-2-4-8(5-3-7)11(12)10-6-9/h2-5H,1H3. The Bertz CT molecular complexity index is 334. The van der Waals surface area contributed by atoms with Crippen molar-refractivity contribution in [1.29, 1.82) is 5.26 Å². The molecule has 0 aliphatic heterocycles. The quantitative estimate of drug-likeness (QED) is 0.274. The molecular weight excluding hydrogens is 154 g/mol. The smallest absolute Gasteiger partial charge is 0.274 e. The highest BCUT2D eigenvalue weighted by molar-refractivity contribution is 5.31. The molecule has 0 amide bonds. The SMILES string of the molecule is Cc1ccc([N+]([O-])=NC#N)cc1. The van der Waals surface area contributed by atoms with Crippen LogP contribution in [-0.4, -0.2) is 4.86 Å². The van der Waals surface area contributed by atoms with Gasteiger partial charge in [-0.1, -0.05) is 17.7 Å². The first-order valence-corrected chi connectivity index (χ1v) is 3.37. The Morgan fingerprint density at radius 2 is 2.00 bits per heavy atom. The number of rotatable bonds is 1. The van der Waals surface area contributed by atoms with E-state index in [0.717, 1.165) is 5.56 Å². The molecule has 4 nitrogen and oxygen atoms in total. The summed E-state index contributed by atoms with van der Waals surface area (Å²) in [5.41, 5.74) is 1.42. The predicted molar refractivity (Wildman–Crippen MR) is 42.5 cm³/mol. The van der Waals surface area contributed by atoms with Crippen LogP contribution >= 0.6 is 0 Å². The maximum absolute atomic E-state index is 10.9. The molecule has 1 rings (SSSR count). The molecule has 0 aliphatic carbocycles. The molecule has 0 aromatic heterocycles. The Hall–Kier alpha value is -1.89. The number of hydrogen-bond donors (Lipinski definition) is 0. The van der Waals surface area contributed by atoms with Crippen LogP contribution in [0.4, 0.5) is 5.69 Å². The third-order valence-corrected chi connectivity index (χ3v) is 1.39. The molecule has 0 bridgehead atoms. The van der Waals surface area contributed by atoms with Gasteiger partial charge in [-0.15, -0.1) is 0 Å². The van der Waals surface area contributed by atoms with Gasteiger partial charge in [0.25, 0.3) is 6.19 Å². The zero-order valence-corrected chi connectivity index (χ0v) is 6.56. The fourth-order valence-electron chi connectivity index (χ4n) is 0.771. The van der Waals surface area contributed by atoms with Crippen LogP contribution in [0.2, 0.25) is 0 Å². The average molecular weight is 161 g/mol. The molecule has 0 atom stereocenters. The molecule has 0 fully saturated rings. The maximum atomic E-state index is 10.9. The van der Waals surface area contributed by atoms with Gasteiger partial charge in [0.15, 0.2) is 0 Å². The summed E-state index contributed by atoms with van der Waals surface area (Å²) in [5, 5.41) is 22.0. The van der Waals surface area contributed by atoms with Crippen LogP contribution in [0.5, 0.6) is 0 Å². The Morgan fingerprint density at radius 1 is 1.42 bits per heavy atom. The maximum Gasteiger partial charge on any atom is 0.274 e. The third-order valence-electron chi connectivity index (χ3n) is 1.39. The number of aryl methyl sites for hydroxylation is 1. The van der Waals surface area contributed by atoms with Crippen LogP contribution in [0, 0.1) is 23.6 Å². The van der Waals surface area contributed by atoms with E-state index in [0.29, 0.717) is 10.5 Å². The van der Waals surface area contributed by atoms with Crippen molar-refractivity contribution in [3.8, 4) is 6.19 Å². The van der Waals surface area contributed by atoms with E-state index in [4.69, 9.17) is 5.26 Å². The zero-order valence-electron chi connectivity index (χ0n) is 6.56. The fourth-order valence-corrected chi connectivity index (χ4v) is 0.771. The Morgan fingerprint density at radius 3 is 2.50 bits per heavy atom. The fraction of sp³-hybridized carbons (Fsp3) is 0.125. The van der Waals surface area contributed by atoms with Gasteiger partial charge < -0.3 is 5.21 Å². The summed E-state index contributed by atoms with van der Waals surface area (Å²) in [4.78, 5) is 0.291. The second-order valence-corrected chi connectivity index (χ2v) is 2.31. The highest BCUT2D eigenvalue weighted by Crippen LogP contribution is 2.11. The molecule has 0 saturated carbocycles. The summed E-state index contributed by atoms with van der Waals surface area (Å²) in [6, 6.07) is 6.80. The van der Waals surface area contributed by atoms with E-state index in [9.17, 15) is 5.21 Å². The third kappa shape index (κ3) is 1.80. The van der Waals surface area contributed by atoms with Gasteiger partial charge in [-0.3, -0.25) is 0 Å². The van der Waals surface area contributed by atoms with Crippen LogP contribution in [0.1, 0.15) is 5.56 Å². The molecule has 60 valence electrons. The van der Waals surface area contributed by atoms with E-state index >= 15 is 0 Å². The van der Waals surface area contributed by atoms with E-state index in [1.165, 1.54) is 6.19 Å². The van der Waals surface area contributed by atoms with Crippen LogP contribution in [0.25, 0.3) is 0 Å². The minimum atomic E-state index is 0.291. The molecule has 0 spiro atoms. The average Bonchev–Trinajstić information content (AvgIpc) is 2.06. The van der Waals surface area contributed by atoms with Gasteiger partial charge in [-0.05, 0) is 11.8 Å². The van der Waals surface area contributed by atoms with Crippen molar-refractivity contribution in [2.75, 3.05) is 0 Å². The van der Waals surface area contributed by atoms with Crippen LogP contribution in [0.15, 0.2) is 29.4 Å². The van der Waals surface area contributed by atoms with Gasteiger partial charge in [0.2, 0.25) is 5.69 Å². The van der Waals surface area contributed by atoms with Gasteiger partial charge in [-0.2, -0.15) is 5.26 Å². The largest absolute Gasteiger partial charge is 0.593 e. The Balaban J connectivity index is 2.99. The first-order chi connectivity index (χ1) is 5.74. The summed E-state index contributed by atoms with van der Waals surface area (Å²) in [7, 11) is 0. The highest BCUT2D eigenvalue weighted by Gasteiger charge is 2.00. The summed E-state index contributed by atoms with van der Waals surface area (Å²) in [6.45, 7) is 1.92. The molecule has 0 N–H and O–H groups in total. The van der Waals surface area contributed by atoms with Crippen molar-refractivity contribution in [2.24, 2.45) is 5.11 Å². The Labute approximate surface area is 70.0 Å². The second kappa shape index (κ2) is 3.49. The first kappa shape index (κ1) is 8.21. The van der Waals surface area contributed by atoms with Crippen molar-refractivity contribution >= 4 is 5.69 Å². The summed E-state index contributed by atoms with van der Waals surface area (Å²) >= 11 is 0. The molecule has 4 heteroatoms. The lowest BCUT2D eigenvalue weighted by Gasteiger charge is -1.96. The molecule has 1 aromatic carbocycles. The molecular formula is C8H7N3O. The Kier molecular flexibility index (Phi) is 2.38. The van der Waals surface area contributed by atoms with Gasteiger partial charge in [-0.25, -0.2) is 0 Å². The molecule has 0 saturated heterocycles. The van der Waals surface area contributed by atoms with Crippen molar-refractivity contribution < 1.29 is 4.86 Å². The number of benzene rings is 1. The summed E-state index contributed by atoms with van der Waals surface area (Å²) in [5.74, 6) is 0. The summed E-state index contributed by atoms with van der Waals surface area (Å²) < 4.78 is 0. The molecule has 1 aromatic rings. The van der Waals surface area contributed by atoms with E-state index in [2.05, 4.69) is 5.11 Å². The van der Waals surface area contributed by atoms with Gasteiger partial charge in [0, 0.05) is 12.1 Å². The summed E-state index contributed by atoms with van der Waals surface area (Å²) in [6.07, 6.45) is 1.42. The number of nitrogens with zero attached hydrogens (tertiary/aromatic N) is 3. The van der Waals surface area contributed by atoms with E-state index in [1.54, 1.807) is 24.3 Å². The van der Waals surface area contributed by atoms with Crippen LogP contribution in [0.3, 0.4) is 0 Å². The van der Waals surface area contributed by atoms with E-state index in [-0.39, 0.29) is 0 Å². The van der Waals surface area contributed by atoms with Gasteiger partial charge in [0.1, 0.15) is 0 Å². The molecule has 0 heterocycles. The normalized spacial score (nSPS) is 10.8. The predicted octanol–water partition coefficient (Wildman–Crippen LogP) is 2.07. The van der Waals surface area contributed by atoms with E-state index in [1.807, 2.05) is 6.92 Å². The lowest BCUT2D eigenvalue weighted by Crippen LogP contribution is -1.89. The lowest BCUT2D eigenvalue weighted by atomic mass is 10.2. The minimum absolute atomic E-state index is 0.291. The van der Waals surface area contributed by atoms with Crippen molar-refractivity contribution in [2.45, 2.75) is 6.92 Å². The molecule has 12 heavy (non-hydrogen) atoms. The second-order valence-electron chi connectivity index (χ2n) is 2.31. The number of azo groups is 1. The topological polar surface area (TPSA) is 62.2 Å². The molecule has 0 aliphatic rings. The highest BCUT2D eigenvalue weighted by atomic mass is 16.5. The molecule has 0 unspecified atom stereocenters. The van der Waals surface area contributed by atoms with Gasteiger partial charge >= 0.3 is 0 Å².